The van der Waals surface area contributed by atoms with Gasteiger partial charge in [0, 0.05) is 6.42 Å². The topological polar surface area (TPSA) is 87.7 Å². The van der Waals surface area contributed by atoms with Crippen LogP contribution in [0.25, 0.3) is 0 Å². The number of hydrogen-bond acceptors (Lipinski definition) is 3. The van der Waals surface area contributed by atoms with E-state index in [1.165, 1.54) is 70.6 Å². The molecule has 27 heavy (non-hydrogen) atoms. The van der Waals surface area contributed by atoms with Crippen molar-refractivity contribution in [3.8, 4) is 0 Å². The molecule has 0 aromatic rings. The first-order chi connectivity index (χ1) is 13.1. The molecule has 1 fully saturated rings. The molecule has 1 amide bonds. The van der Waals surface area contributed by atoms with E-state index in [0.29, 0.717) is 6.42 Å². The molecule has 1 aliphatic rings. The molecule has 0 heterocycles. The maximum atomic E-state index is 11.9. The highest BCUT2D eigenvalue weighted by Gasteiger charge is 2.48. The predicted octanol–water partition coefficient (Wildman–Crippen LogP) is 5.42. The Balaban J connectivity index is 1.86. The van der Waals surface area contributed by atoms with Crippen molar-refractivity contribution in [1.82, 2.24) is 5.32 Å². The maximum absolute atomic E-state index is 11.9. The summed E-state index contributed by atoms with van der Waals surface area (Å²) >= 11 is 0. The first kappa shape index (κ1) is 23.5. The molecule has 0 spiro atoms. The van der Waals surface area contributed by atoms with Crippen LogP contribution in [0.1, 0.15) is 110 Å². The van der Waals surface area contributed by atoms with E-state index >= 15 is 0 Å². The summed E-state index contributed by atoms with van der Waals surface area (Å²) in [6.07, 6.45) is 23.0. The van der Waals surface area contributed by atoms with E-state index in [9.17, 15) is 4.79 Å². The molecule has 0 aromatic carbocycles. The zero-order valence-corrected chi connectivity index (χ0v) is 17.3. The van der Waals surface area contributed by atoms with Crippen LogP contribution in [0.5, 0.6) is 0 Å². The van der Waals surface area contributed by atoms with Crippen molar-refractivity contribution in [3.05, 3.63) is 12.2 Å². The third-order valence-corrected chi connectivity index (χ3v) is 5.39. The number of unbranched alkanes of at least 4 members (excludes halogenated alkanes) is 11. The standard InChI is InChI=1S/C22H41N3O2/c1-2-3-4-5-6-7-8-9-10-11-12-13-14-15-16-17-20(26)24-22(18-19-22)21(23)25-27/h9-10,27H,2-8,11-19H2,1H3,(H2,23,25)(H,24,26)/b10-9-. The first-order valence-corrected chi connectivity index (χ1v) is 11.1. The van der Waals surface area contributed by atoms with Crippen LogP contribution in [-0.2, 0) is 4.79 Å². The molecule has 1 rings (SSSR count). The third-order valence-electron chi connectivity index (χ3n) is 5.39. The van der Waals surface area contributed by atoms with E-state index in [1.807, 2.05) is 0 Å². The van der Waals surface area contributed by atoms with Crippen LogP contribution in [0, 0.1) is 0 Å². The van der Waals surface area contributed by atoms with Crippen LogP contribution in [0.3, 0.4) is 0 Å². The molecule has 0 saturated heterocycles. The van der Waals surface area contributed by atoms with Gasteiger partial charge in [-0.3, -0.25) is 4.79 Å². The molecule has 5 nitrogen and oxygen atoms in total. The highest BCUT2D eigenvalue weighted by Crippen LogP contribution is 2.35. The van der Waals surface area contributed by atoms with E-state index in [-0.39, 0.29) is 11.7 Å². The van der Waals surface area contributed by atoms with Gasteiger partial charge in [-0.15, -0.1) is 0 Å². The number of nitrogens with one attached hydrogen (secondary N) is 1. The number of allylic oxidation sites excluding steroid dienone is 2. The summed E-state index contributed by atoms with van der Waals surface area (Å²) in [4.78, 5) is 11.9. The summed E-state index contributed by atoms with van der Waals surface area (Å²) in [6, 6.07) is 0. The number of carbonyl (C=O) groups is 1. The molecule has 0 radical (unpaired) electrons. The van der Waals surface area contributed by atoms with E-state index in [0.717, 1.165) is 25.7 Å². The van der Waals surface area contributed by atoms with Crippen molar-refractivity contribution in [2.75, 3.05) is 0 Å². The number of hydrogen-bond donors (Lipinski definition) is 3. The fraction of sp³-hybridized carbons (Fsp3) is 0.818. The normalized spacial score (nSPS) is 16.0. The SMILES string of the molecule is CCCCCCCC/C=C\CCCCCCCC(=O)NC1(/C(N)=N/O)CC1. The van der Waals surface area contributed by atoms with E-state index < -0.39 is 5.54 Å². The van der Waals surface area contributed by atoms with Crippen molar-refractivity contribution in [1.29, 1.82) is 0 Å². The van der Waals surface area contributed by atoms with Gasteiger partial charge >= 0.3 is 0 Å². The number of rotatable bonds is 17. The van der Waals surface area contributed by atoms with Crippen molar-refractivity contribution >= 4 is 11.7 Å². The Morgan fingerprint density at radius 3 is 2.00 bits per heavy atom. The molecule has 0 atom stereocenters. The van der Waals surface area contributed by atoms with Gasteiger partial charge in [0.1, 0.15) is 5.54 Å². The quantitative estimate of drug-likeness (QED) is 0.0787. The lowest BCUT2D eigenvalue weighted by Crippen LogP contribution is -2.46. The number of amides is 1. The molecule has 0 aromatic heterocycles. The minimum atomic E-state index is -0.562. The lowest BCUT2D eigenvalue weighted by molar-refractivity contribution is -0.121. The molecular weight excluding hydrogens is 338 g/mol. The molecular formula is C22H41N3O2. The summed E-state index contributed by atoms with van der Waals surface area (Å²) in [7, 11) is 0. The Morgan fingerprint density at radius 2 is 1.48 bits per heavy atom. The van der Waals surface area contributed by atoms with Crippen molar-refractivity contribution in [3.63, 3.8) is 0 Å². The Bertz CT molecular complexity index is 456. The fourth-order valence-corrected chi connectivity index (χ4v) is 3.35. The van der Waals surface area contributed by atoms with Crippen LogP contribution in [-0.4, -0.2) is 22.5 Å². The summed E-state index contributed by atoms with van der Waals surface area (Å²) < 4.78 is 0. The van der Waals surface area contributed by atoms with Crippen molar-refractivity contribution in [2.24, 2.45) is 10.9 Å². The smallest absolute Gasteiger partial charge is 0.220 e. The maximum Gasteiger partial charge on any atom is 0.220 e. The Hall–Kier alpha value is -1.52. The molecule has 1 saturated carbocycles. The highest BCUT2D eigenvalue weighted by atomic mass is 16.4. The minimum Gasteiger partial charge on any atom is -0.409 e. The van der Waals surface area contributed by atoms with E-state index in [4.69, 9.17) is 10.9 Å². The van der Waals surface area contributed by atoms with Crippen LogP contribution < -0.4 is 11.1 Å². The molecule has 0 bridgehead atoms. The van der Waals surface area contributed by atoms with Crippen LogP contribution in [0.2, 0.25) is 0 Å². The summed E-state index contributed by atoms with van der Waals surface area (Å²) in [5, 5.41) is 14.7. The largest absolute Gasteiger partial charge is 0.409 e. The van der Waals surface area contributed by atoms with Gasteiger partial charge in [-0.2, -0.15) is 0 Å². The van der Waals surface area contributed by atoms with Crippen molar-refractivity contribution in [2.45, 2.75) is 115 Å². The highest BCUT2D eigenvalue weighted by molar-refractivity contribution is 5.96. The lowest BCUT2D eigenvalue weighted by Gasteiger charge is -2.15. The van der Waals surface area contributed by atoms with Gasteiger partial charge in [0.15, 0.2) is 5.84 Å². The van der Waals surface area contributed by atoms with Gasteiger partial charge in [-0.05, 0) is 44.9 Å². The predicted molar refractivity (Wildman–Crippen MR) is 113 cm³/mol. The zero-order valence-electron chi connectivity index (χ0n) is 17.3. The average Bonchev–Trinajstić information content (AvgIpc) is 3.44. The van der Waals surface area contributed by atoms with Crippen molar-refractivity contribution < 1.29 is 10.0 Å². The zero-order chi connectivity index (χ0) is 19.8. The lowest BCUT2D eigenvalue weighted by atomic mass is 10.1. The molecule has 0 aliphatic heterocycles. The van der Waals surface area contributed by atoms with Gasteiger partial charge < -0.3 is 16.3 Å². The monoisotopic (exact) mass is 379 g/mol. The van der Waals surface area contributed by atoms with E-state index in [2.05, 4.69) is 29.5 Å². The number of oxime groups is 1. The average molecular weight is 380 g/mol. The fourth-order valence-electron chi connectivity index (χ4n) is 3.35. The van der Waals surface area contributed by atoms with Crippen LogP contribution in [0.15, 0.2) is 17.3 Å². The van der Waals surface area contributed by atoms with Crippen LogP contribution >= 0.6 is 0 Å². The number of nitrogens with zero attached hydrogens (tertiary/aromatic N) is 1. The van der Waals surface area contributed by atoms with Gasteiger partial charge in [0.05, 0.1) is 0 Å². The summed E-state index contributed by atoms with van der Waals surface area (Å²) in [5.74, 6) is 0.136. The minimum absolute atomic E-state index is 0.0109. The Morgan fingerprint density at radius 1 is 0.963 bits per heavy atom. The summed E-state index contributed by atoms with van der Waals surface area (Å²) in [6.45, 7) is 2.26. The second-order valence-electron chi connectivity index (χ2n) is 7.95. The number of nitrogens with two attached hydrogens (primary N) is 1. The van der Waals surface area contributed by atoms with Crippen LogP contribution in [0.4, 0.5) is 0 Å². The number of amidine groups is 1. The number of carbonyl (C=O) groups excluding carboxylic acids is 1. The molecule has 1 aliphatic carbocycles. The Labute approximate surface area is 165 Å². The van der Waals surface area contributed by atoms with E-state index in [1.54, 1.807) is 0 Å². The molecule has 156 valence electrons. The van der Waals surface area contributed by atoms with Gasteiger partial charge in [-0.25, -0.2) is 0 Å². The molecule has 4 N–H and O–H groups in total. The molecule has 5 heteroatoms. The first-order valence-electron chi connectivity index (χ1n) is 11.1. The third kappa shape index (κ3) is 11.0. The second-order valence-corrected chi connectivity index (χ2v) is 7.95. The molecule has 0 unspecified atom stereocenters. The van der Waals surface area contributed by atoms with Gasteiger partial charge in [0.2, 0.25) is 5.91 Å². The Kier molecular flexibility index (Phi) is 12.7. The second kappa shape index (κ2) is 14.5. The van der Waals surface area contributed by atoms with Gasteiger partial charge in [-0.1, -0.05) is 75.6 Å². The summed E-state index contributed by atoms with van der Waals surface area (Å²) in [5.41, 5.74) is 5.07. The van der Waals surface area contributed by atoms with Gasteiger partial charge in [0.25, 0.3) is 0 Å².